The molecule has 1 atom stereocenters. The summed E-state index contributed by atoms with van der Waals surface area (Å²) in [6.45, 7) is 3.68. The predicted molar refractivity (Wildman–Crippen MR) is 71.1 cm³/mol. The Morgan fingerprint density at radius 2 is 1.89 bits per heavy atom. The van der Waals surface area contributed by atoms with Gasteiger partial charge in [0.1, 0.15) is 0 Å². The van der Waals surface area contributed by atoms with E-state index < -0.39 is 0 Å². The lowest BCUT2D eigenvalue weighted by molar-refractivity contribution is 0.372. The SMILES string of the molecule is COc1cc(OC)nc(NCCCC(C)CN)n1. The minimum absolute atomic E-state index is 0.486. The first-order valence-electron chi connectivity index (χ1n) is 6.10. The van der Waals surface area contributed by atoms with Gasteiger partial charge in [0.05, 0.1) is 20.3 Å². The van der Waals surface area contributed by atoms with Gasteiger partial charge in [-0.25, -0.2) is 0 Å². The van der Waals surface area contributed by atoms with Gasteiger partial charge in [0.2, 0.25) is 17.7 Å². The molecule has 0 bridgehead atoms. The number of hydrogen-bond donors (Lipinski definition) is 2. The molecule has 0 saturated heterocycles. The van der Waals surface area contributed by atoms with Crippen molar-refractivity contribution in [3.63, 3.8) is 0 Å². The van der Waals surface area contributed by atoms with E-state index in [4.69, 9.17) is 15.2 Å². The minimum Gasteiger partial charge on any atom is -0.481 e. The van der Waals surface area contributed by atoms with Gasteiger partial charge in [-0.15, -0.1) is 0 Å². The fraction of sp³-hybridized carbons (Fsp3) is 0.667. The van der Waals surface area contributed by atoms with Crippen molar-refractivity contribution in [1.29, 1.82) is 0 Å². The van der Waals surface area contributed by atoms with Gasteiger partial charge in [-0.05, 0) is 25.3 Å². The highest BCUT2D eigenvalue weighted by atomic mass is 16.5. The van der Waals surface area contributed by atoms with Crippen molar-refractivity contribution in [3.05, 3.63) is 6.07 Å². The Bertz CT molecular complexity index is 338. The molecule has 0 aliphatic heterocycles. The maximum Gasteiger partial charge on any atom is 0.229 e. The molecular weight excluding hydrogens is 232 g/mol. The lowest BCUT2D eigenvalue weighted by Crippen LogP contribution is -2.13. The number of methoxy groups -OCH3 is 2. The van der Waals surface area contributed by atoms with Crippen LogP contribution in [0.2, 0.25) is 0 Å². The van der Waals surface area contributed by atoms with E-state index in [-0.39, 0.29) is 0 Å². The maximum atomic E-state index is 5.56. The summed E-state index contributed by atoms with van der Waals surface area (Å²) in [4.78, 5) is 8.38. The molecule has 0 amide bonds. The van der Waals surface area contributed by atoms with Gasteiger partial charge in [-0.1, -0.05) is 6.92 Å². The van der Waals surface area contributed by atoms with Crippen molar-refractivity contribution in [2.45, 2.75) is 19.8 Å². The van der Waals surface area contributed by atoms with E-state index in [1.807, 2.05) is 0 Å². The second-order valence-electron chi connectivity index (χ2n) is 4.19. The number of nitrogens with two attached hydrogens (primary N) is 1. The Morgan fingerprint density at radius 3 is 2.39 bits per heavy atom. The average Bonchev–Trinajstić information content (AvgIpc) is 2.42. The summed E-state index contributed by atoms with van der Waals surface area (Å²) in [7, 11) is 3.13. The van der Waals surface area contributed by atoms with Gasteiger partial charge in [0.15, 0.2) is 0 Å². The van der Waals surface area contributed by atoms with Crippen molar-refractivity contribution in [1.82, 2.24) is 9.97 Å². The Labute approximate surface area is 108 Å². The number of rotatable bonds is 8. The third-order valence-electron chi connectivity index (χ3n) is 2.66. The van der Waals surface area contributed by atoms with Crippen LogP contribution in [-0.2, 0) is 0 Å². The first-order valence-corrected chi connectivity index (χ1v) is 6.10. The van der Waals surface area contributed by atoms with Gasteiger partial charge < -0.3 is 20.5 Å². The number of anilines is 1. The number of nitrogens with zero attached hydrogens (tertiary/aromatic N) is 2. The van der Waals surface area contributed by atoms with E-state index in [0.717, 1.165) is 25.9 Å². The molecule has 0 aliphatic rings. The van der Waals surface area contributed by atoms with Crippen LogP contribution in [-0.4, -0.2) is 37.3 Å². The molecule has 1 aromatic heterocycles. The van der Waals surface area contributed by atoms with E-state index in [1.165, 1.54) is 0 Å². The zero-order valence-electron chi connectivity index (χ0n) is 11.3. The summed E-state index contributed by atoms with van der Waals surface area (Å²) in [6, 6.07) is 1.64. The van der Waals surface area contributed by atoms with Crippen LogP contribution < -0.4 is 20.5 Å². The van der Waals surface area contributed by atoms with E-state index in [9.17, 15) is 0 Å². The third kappa shape index (κ3) is 4.75. The molecule has 0 saturated carbocycles. The van der Waals surface area contributed by atoms with Crippen LogP contribution in [0.4, 0.5) is 5.95 Å². The summed E-state index contributed by atoms with van der Waals surface area (Å²) in [6.07, 6.45) is 2.12. The van der Waals surface area contributed by atoms with Crippen molar-refractivity contribution < 1.29 is 9.47 Å². The van der Waals surface area contributed by atoms with Gasteiger partial charge in [0.25, 0.3) is 0 Å². The molecule has 0 radical (unpaired) electrons. The fourth-order valence-electron chi connectivity index (χ4n) is 1.46. The molecule has 0 spiro atoms. The van der Waals surface area contributed by atoms with Gasteiger partial charge in [-0.2, -0.15) is 9.97 Å². The Kier molecular flexibility index (Phi) is 6.21. The highest BCUT2D eigenvalue weighted by Gasteiger charge is 2.05. The zero-order chi connectivity index (χ0) is 13.4. The summed E-state index contributed by atoms with van der Waals surface area (Å²) in [5, 5.41) is 3.15. The van der Waals surface area contributed by atoms with Gasteiger partial charge >= 0.3 is 0 Å². The standard InChI is InChI=1S/C12H22N4O2/c1-9(8-13)5-4-6-14-12-15-10(17-2)7-11(16-12)18-3/h7,9H,4-6,8,13H2,1-3H3,(H,14,15,16). The van der Waals surface area contributed by atoms with Crippen LogP contribution >= 0.6 is 0 Å². The van der Waals surface area contributed by atoms with Crippen LogP contribution in [0.5, 0.6) is 11.8 Å². The number of hydrogen-bond acceptors (Lipinski definition) is 6. The molecule has 3 N–H and O–H groups in total. The Morgan fingerprint density at radius 1 is 1.28 bits per heavy atom. The van der Waals surface area contributed by atoms with E-state index in [2.05, 4.69) is 22.2 Å². The van der Waals surface area contributed by atoms with Crippen LogP contribution in [0, 0.1) is 5.92 Å². The molecule has 18 heavy (non-hydrogen) atoms. The molecule has 6 heteroatoms. The minimum atomic E-state index is 0.486. The molecule has 6 nitrogen and oxygen atoms in total. The quantitative estimate of drug-likeness (QED) is 0.680. The van der Waals surface area contributed by atoms with E-state index >= 15 is 0 Å². The first kappa shape index (κ1) is 14.5. The molecule has 0 fully saturated rings. The number of nitrogens with one attached hydrogen (secondary N) is 1. The molecule has 1 rings (SSSR count). The number of aromatic nitrogens is 2. The van der Waals surface area contributed by atoms with Crippen LogP contribution in [0.1, 0.15) is 19.8 Å². The second-order valence-corrected chi connectivity index (χ2v) is 4.19. The summed E-state index contributed by atoms with van der Waals surface area (Å²) >= 11 is 0. The smallest absolute Gasteiger partial charge is 0.229 e. The average molecular weight is 254 g/mol. The van der Waals surface area contributed by atoms with Crippen LogP contribution in [0.15, 0.2) is 6.07 Å². The largest absolute Gasteiger partial charge is 0.481 e. The van der Waals surface area contributed by atoms with Crippen molar-refractivity contribution in [2.75, 3.05) is 32.6 Å². The van der Waals surface area contributed by atoms with Gasteiger partial charge in [0, 0.05) is 6.54 Å². The highest BCUT2D eigenvalue weighted by molar-refractivity contribution is 5.33. The molecule has 1 unspecified atom stereocenters. The normalized spacial score (nSPS) is 12.0. The molecule has 0 aliphatic carbocycles. The fourth-order valence-corrected chi connectivity index (χ4v) is 1.46. The molecular formula is C12H22N4O2. The number of ether oxygens (including phenoxy) is 2. The van der Waals surface area contributed by atoms with Gasteiger partial charge in [-0.3, -0.25) is 0 Å². The van der Waals surface area contributed by atoms with Crippen molar-refractivity contribution >= 4 is 5.95 Å². The lowest BCUT2D eigenvalue weighted by Gasteiger charge is -2.10. The lowest BCUT2D eigenvalue weighted by atomic mass is 10.1. The van der Waals surface area contributed by atoms with E-state index in [0.29, 0.717) is 23.6 Å². The van der Waals surface area contributed by atoms with Crippen molar-refractivity contribution in [2.24, 2.45) is 11.7 Å². The summed E-state index contributed by atoms with van der Waals surface area (Å²) in [5.74, 6) is 2.04. The zero-order valence-corrected chi connectivity index (χ0v) is 11.3. The first-order chi connectivity index (χ1) is 8.69. The summed E-state index contributed by atoms with van der Waals surface area (Å²) in [5.41, 5.74) is 5.56. The Balaban J connectivity index is 2.46. The Hall–Kier alpha value is -1.56. The maximum absolute atomic E-state index is 5.56. The predicted octanol–water partition coefficient (Wildman–Crippen LogP) is 1.28. The van der Waals surface area contributed by atoms with Crippen molar-refractivity contribution in [3.8, 4) is 11.8 Å². The molecule has 102 valence electrons. The highest BCUT2D eigenvalue weighted by Crippen LogP contribution is 2.17. The molecule has 1 heterocycles. The monoisotopic (exact) mass is 254 g/mol. The molecule has 1 aromatic rings. The molecule has 0 aromatic carbocycles. The third-order valence-corrected chi connectivity index (χ3v) is 2.66. The summed E-state index contributed by atoms with van der Waals surface area (Å²) < 4.78 is 10.1. The van der Waals surface area contributed by atoms with Crippen LogP contribution in [0.3, 0.4) is 0 Å². The van der Waals surface area contributed by atoms with E-state index in [1.54, 1.807) is 20.3 Å². The van der Waals surface area contributed by atoms with Crippen LogP contribution in [0.25, 0.3) is 0 Å². The second kappa shape index (κ2) is 7.71. The topological polar surface area (TPSA) is 82.3 Å².